The molecule has 0 aliphatic heterocycles. The lowest BCUT2D eigenvalue weighted by Gasteiger charge is -2.27. The number of phenolic OH excluding ortho intramolecular Hbond substituents is 1. The van der Waals surface area contributed by atoms with Gasteiger partial charge in [-0.2, -0.15) is 0 Å². The van der Waals surface area contributed by atoms with Crippen molar-refractivity contribution in [3.05, 3.63) is 50.0 Å². The molecular formula is C21H22Cl2O. The Morgan fingerprint density at radius 1 is 0.750 bits per heavy atom. The molecule has 0 saturated carbocycles. The molecule has 0 saturated heterocycles. The number of aryl methyl sites for hydroxylation is 2. The van der Waals surface area contributed by atoms with Crippen LogP contribution in [0.15, 0.2) is 12.1 Å². The summed E-state index contributed by atoms with van der Waals surface area (Å²) in [6, 6.07) is 4.09. The van der Waals surface area contributed by atoms with E-state index in [4.69, 9.17) is 23.2 Å². The summed E-state index contributed by atoms with van der Waals surface area (Å²) in [6.07, 6.45) is 8.97. The van der Waals surface area contributed by atoms with Crippen LogP contribution in [-0.4, -0.2) is 5.11 Å². The number of rotatable bonds is 1. The standard InChI is InChI=1S/C21H22Cl2O/c1-12-17(22)10-13-6-2-4-8-15(13)19(12)20-16-9-5-3-7-14(16)11-18(23)21(20)24/h10-11,24H,2-9H2,1H3. The predicted octanol–water partition coefficient (Wildman–Crippen LogP) is 6.43. The summed E-state index contributed by atoms with van der Waals surface area (Å²) in [5.74, 6) is 0.232. The molecule has 0 spiro atoms. The quantitative estimate of drug-likeness (QED) is 0.620. The summed E-state index contributed by atoms with van der Waals surface area (Å²) < 4.78 is 0. The lowest BCUT2D eigenvalue weighted by atomic mass is 9.79. The number of benzene rings is 2. The Hall–Kier alpha value is -1.18. The summed E-state index contributed by atoms with van der Waals surface area (Å²) >= 11 is 13.0. The third kappa shape index (κ3) is 2.53. The van der Waals surface area contributed by atoms with Crippen molar-refractivity contribution in [2.45, 2.75) is 58.3 Å². The first-order valence-corrected chi connectivity index (χ1v) is 9.68. The smallest absolute Gasteiger partial charge is 0.142 e. The van der Waals surface area contributed by atoms with E-state index in [1.54, 1.807) is 0 Å². The minimum absolute atomic E-state index is 0.232. The molecule has 0 bridgehead atoms. The van der Waals surface area contributed by atoms with Crippen LogP contribution >= 0.6 is 23.2 Å². The summed E-state index contributed by atoms with van der Waals surface area (Å²) in [6.45, 7) is 2.07. The van der Waals surface area contributed by atoms with E-state index in [9.17, 15) is 5.11 Å². The van der Waals surface area contributed by atoms with Crippen molar-refractivity contribution in [2.75, 3.05) is 0 Å². The van der Waals surface area contributed by atoms with Crippen LogP contribution in [-0.2, 0) is 25.7 Å². The van der Waals surface area contributed by atoms with Gasteiger partial charge in [0.1, 0.15) is 5.75 Å². The van der Waals surface area contributed by atoms with Crippen LogP contribution in [0.5, 0.6) is 5.75 Å². The van der Waals surface area contributed by atoms with E-state index in [1.807, 2.05) is 6.07 Å². The Bertz CT molecular complexity index is 754. The van der Waals surface area contributed by atoms with Crippen LogP contribution in [0.1, 0.15) is 53.5 Å². The molecule has 0 atom stereocenters. The maximum absolute atomic E-state index is 10.8. The Morgan fingerprint density at radius 2 is 1.25 bits per heavy atom. The van der Waals surface area contributed by atoms with E-state index in [0.717, 1.165) is 47.4 Å². The van der Waals surface area contributed by atoms with Crippen molar-refractivity contribution in [3.63, 3.8) is 0 Å². The van der Waals surface area contributed by atoms with Gasteiger partial charge in [0, 0.05) is 10.6 Å². The van der Waals surface area contributed by atoms with Crippen LogP contribution in [0.25, 0.3) is 11.1 Å². The van der Waals surface area contributed by atoms with Crippen LogP contribution < -0.4 is 0 Å². The van der Waals surface area contributed by atoms with E-state index in [2.05, 4.69) is 13.0 Å². The van der Waals surface area contributed by atoms with E-state index in [0.29, 0.717) is 5.02 Å². The van der Waals surface area contributed by atoms with Gasteiger partial charge in [0.25, 0.3) is 0 Å². The molecule has 0 aromatic heterocycles. The van der Waals surface area contributed by atoms with E-state index in [1.165, 1.54) is 47.9 Å². The molecule has 2 aromatic rings. The largest absolute Gasteiger partial charge is 0.506 e. The highest BCUT2D eigenvalue weighted by molar-refractivity contribution is 6.33. The highest BCUT2D eigenvalue weighted by Crippen LogP contribution is 2.47. The number of hydrogen-bond acceptors (Lipinski definition) is 1. The molecule has 1 nitrogen and oxygen atoms in total. The van der Waals surface area contributed by atoms with Crippen LogP contribution in [0.4, 0.5) is 0 Å². The van der Waals surface area contributed by atoms with Gasteiger partial charge in [0.05, 0.1) is 5.02 Å². The Labute approximate surface area is 153 Å². The molecule has 0 unspecified atom stereocenters. The van der Waals surface area contributed by atoms with Crippen LogP contribution in [0.2, 0.25) is 10.0 Å². The third-order valence-electron chi connectivity index (χ3n) is 5.67. The second-order valence-corrected chi connectivity index (χ2v) is 7.94. The maximum atomic E-state index is 10.8. The summed E-state index contributed by atoms with van der Waals surface area (Å²) in [4.78, 5) is 0. The summed E-state index contributed by atoms with van der Waals surface area (Å²) in [5, 5.41) is 12.1. The first kappa shape index (κ1) is 16.3. The van der Waals surface area contributed by atoms with Gasteiger partial charge >= 0.3 is 0 Å². The number of aromatic hydroxyl groups is 1. The number of hydrogen-bond donors (Lipinski definition) is 1. The zero-order chi connectivity index (χ0) is 16.8. The fourth-order valence-electron chi connectivity index (χ4n) is 4.45. The SMILES string of the molecule is Cc1c(Cl)cc2c(c1-c1c(O)c(Cl)cc3c1CCCC3)CCCC2. The third-order valence-corrected chi connectivity index (χ3v) is 6.35. The van der Waals surface area contributed by atoms with E-state index < -0.39 is 0 Å². The molecule has 0 amide bonds. The van der Waals surface area contributed by atoms with Crippen molar-refractivity contribution < 1.29 is 5.11 Å². The van der Waals surface area contributed by atoms with Gasteiger partial charge in [0.2, 0.25) is 0 Å². The van der Waals surface area contributed by atoms with Crippen LogP contribution in [0.3, 0.4) is 0 Å². The van der Waals surface area contributed by atoms with Crippen molar-refractivity contribution in [2.24, 2.45) is 0 Å². The minimum atomic E-state index is 0.232. The molecule has 0 fully saturated rings. The monoisotopic (exact) mass is 360 g/mol. The zero-order valence-electron chi connectivity index (χ0n) is 14.0. The predicted molar refractivity (Wildman–Crippen MR) is 102 cm³/mol. The second kappa shape index (κ2) is 6.28. The molecule has 24 heavy (non-hydrogen) atoms. The summed E-state index contributed by atoms with van der Waals surface area (Å²) in [5.41, 5.74) is 8.46. The van der Waals surface area contributed by atoms with Gasteiger partial charge < -0.3 is 5.11 Å². The normalized spacial score (nSPS) is 16.6. The van der Waals surface area contributed by atoms with E-state index >= 15 is 0 Å². The molecule has 1 N–H and O–H groups in total. The highest BCUT2D eigenvalue weighted by atomic mass is 35.5. The van der Waals surface area contributed by atoms with Crippen LogP contribution in [0, 0.1) is 6.92 Å². The van der Waals surface area contributed by atoms with Gasteiger partial charge in [-0.1, -0.05) is 23.2 Å². The molecule has 126 valence electrons. The molecule has 0 radical (unpaired) electrons. The fraction of sp³-hybridized carbons (Fsp3) is 0.429. The van der Waals surface area contributed by atoms with Crippen molar-refractivity contribution >= 4 is 23.2 Å². The molecule has 4 rings (SSSR count). The molecule has 2 aromatic carbocycles. The number of fused-ring (bicyclic) bond motifs is 2. The Morgan fingerprint density at radius 3 is 1.88 bits per heavy atom. The van der Waals surface area contributed by atoms with Crippen molar-refractivity contribution in [3.8, 4) is 16.9 Å². The lowest BCUT2D eigenvalue weighted by molar-refractivity contribution is 0.475. The number of phenols is 1. The Balaban J connectivity index is 2.07. The van der Waals surface area contributed by atoms with Gasteiger partial charge in [-0.25, -0.2) is 0 Å². The van der Waals surface area contributed by atoms with Gasteiger partial charge in [-0.3, -0.25) is 0 Å². The lowest BCUT2D eigenvalue weighted by Crippen LogP contribution is -2.10. The number of halogens is 2. The van der Waals surface area contributed by atoms with Gasteiger partial charge in [-0.05, 0) is 104 Å². The average Bonchev–Trinajstić information content (AvgIpc) is 2.58. The molecule has 3 heteroatoms. The molecule has 2 aliphatic rings. The zero-order valence-corrected chi connectivity index (χ0v) is 15.5. The molecule has 0 heterocycles. The first-order valence-electron chi connectivity index (χ1n) is 8.92. The van der Waals surface area contributed by atoms with E-state index in [-0.39, 0.29) is 5.75 Å². The Kier molecular flexibility index (Phi) is 4.26. The molecule has 2 aliphatic carbocycles. The first-order chi connectivity index (χ1) is 11.6. The second-order valence-electron chi connectivity index (χ2n) is 7.13. The van der Waals surface area contributed by atoms with Gasteiger partial charge in [0.15, 0.2) is 0 Å². The topological polar surface area (TPSA) is 20.2 Å². The fourth-order valence-corrected chi connectivity index (χ4v) is 4.90. The summed E-state index contributed by atoms with van der Waals surface area (Å²) in [7, 11) is 0. The maximum Gasteiger partial charge on any atom is 0.142 e. The van der Waals surface area contributed by atoms with Gasteiger partial charge in [-0.15, -0.1) is 0 Å². The minimum Gasteiger partial charge on any atom is -0.506 e. The molecular weight excluding hydrogens is 339 g/mol. The highest BCUT2D eigenvalue weighted by Gasteiger charge is 2.26. The average molecular weight is 361 g/mol. The van der Waals surface area contributed by atoms with Crippen molar-refractivity contribution in [1.29, 1.82) is 0 Å². The van der Waals surface area contributed by atoms with Crippen molar-refractivity contribution in [1.82, 2.24) is 0 Å².